The van der Waals surface area contributed by atoms with E-state index in [1.54, 1.807) is 7.05 Å². The first kappa shape index (κ1) is 13.9. The summed E-state index contributed by atoms with van der Waals surface area (Å²) in [4.78, 5) is 29.7. The van der Waals surface area contributed by atoms with Crippen LogP contribution in [0.4, 0.5) is 5.69 Å². The lowest BCUT2D eigenvalue weighted by Gasteiger charge is -2.23. The number of carbonyl (C=O) groups excluding carboxylic acids is 1. The number of hydrogen-bond donors (Lipinski definition) is 1. The highest BCUT2D eigenvalue weighted by Crippen LogP contribution is 2.29. The molecule has 9 nitrogen and oxygen atoms in total. The second-order valence-corrected chi connectivity index (χ2v) is 5.49. The molecule has 0 fully saturated rings. The quantitative estimate of drug-likeness (QED) is 0.573. The third-order valence-electron chi connectivity index (χ3n) is 3.21. The number of β-amino-alcohol motifs (C(OH)–C–C–N with tert-alkyl or cyclic N) is 1. The van der Waals surface area contributed by atoms with Crippen molar-refractivity contribution in [1.82, 2.24) is 9.55 Å². The molecule has 0 unspecified atom stereocenters. The second-order valence-electron chi connectivity index (χ2n) is 4.53. The van der Waals surface area contributed by atoms with E-state index in [2.05, 4.69) is 15.3 Å². The number of amides is 1. The lowest BCUT2D eigenvalue weighted by atomic mass is 10.4. The first-order valence-electron chi connectivity index (χ1n) is 6.26. The van der Waals surface area contributed by atoms with Crippen LogP contribution in [0.2, 0.25) is 0 Å². The van der Waals surface area contributed by atoms with Crippen molar-refractivity contribution in [3.05, 3.63) is 16.7 Å². The summed E-state index contributed by atoms with van der Waals surface area (Å²) in [6, 6.07) is 0. The zero-order valence-electron chi connectivity index (χ0n) is 11.3. The minimum Gasteiger partial charge on any atom is -0.393 e. The molecule has 21 heavy (non-hydrogen) atoms. The van der Waals surface area contributed by atoms with E-state index in [0.717, 1.165) is 0 Å². The predicted molar refractivity (Wildman–Crippen MR) is 74.7 cm³/mol. The highest BCUT2D eigenvalue weighted by atomic mass is 32.2. The van der Waals surface area contributed by atoms with Crippen LogP contribution in [-0.2, 0) is 11.3 Å². The summed E-state index contributed by atoms with van der Waals surface area (Å²) in [5, 5.41) is 17.0. The molecule has 2 aliphatic heterocycles. The number of amidine groups is 1. The fourth-order valence-electron chi connectivity index (χ4n) is 2.03. The third kappa shape index (κ3) is 2.36. The van der Waals surface area contributed by atoms with E-state index in [9.17, 15) is 9.59 Å². The predicted octanol–water partition coefficient (Wildman–Crippen LogP) is -0.904. The Labute approximate surface area is 123 Å². The van der Waals surface area contributed by atoms with Crippen molar-refractivity contribution in [3.8, 4) is 0 Å². The summed E-state index contributed by atoms with van der Waals surface area (Å²) in [5.74, 6) is 0.739. The Morgan fingerprint density at radius 2 is 2.29 bits per heavy atom. The normalized spacial score (nSPS) is 17.0. The maximum atomic E-state index is 12.5. The molecule has 1 aromatic heterocycles. The van der Waals surface area contributed by atoms with Crippen LogP contribution in [0.1, 0.15) is 0 Å². The van der Waals surface area contributed by atoms with Crippen molar-refractivity contribution in [3.63, 3.8) is 0 Å². The van der Waals surface area contributed by atoms with Gasteiger partial charge in [-0.15, -0.1) is 4.68 Å². The van der Waals surface area contributed by atoms with Gasteiger partial charge in [-0.1, -0.05) is 11.8 Å². The number of anilines is 1. The molecule has 0 radical (unpaired) electrons. The van der Waals surface area contributed by atoms with Crippen molar-refractivity contribution in [2.45, 2.75) is 11.6 Å². The molecule has 1 amide bonds. The molecule has 0 aliphatic carbocycles. The second kappa shape index (κ2) is 5.37. The van der Waals surface area contributed by atoms with Gasteiger partial charge in [0.15, 0.2) is 0 Å². The van der Waals surface area contributed by atoms with Crippen LogP contribution in [0.5, 0.6) is 0 Å². The fourth-order valence-corrected chi connectivity index (χ4v) is 2.96. The lowest BCUT2D eigenvalue weighted by Crippen LogP contribution is -2.40. The molecule has 0 bridgehead atoms. The summed E-state index contributed by atoms with van der Waals surface area (Å²) in [6.45, 7) is 0.489. The molecule has 3 heterocycles. The zero-order chi connectivity index (χ0) is 15.0. The van der Waals surface area contributed by atoms with Crippen molar-refractivity contribution in [1.29, 1.82) is 0 Å². The first-order valence-corrected chi connectivity index (χ1v) is 7.25. The summed E-state index contributed by atoms with van der Waals surface area (Å²) in [7, 11) is 1.57. The number of aliphatic hydroxyl groups is 1. The van der Waals surface area contributed by atoms with Crippen molar-refractivity contribution < 1.29 is 14.6 Å². The topological polar surface area (TPSA) is 103 Å². The number of rotatable bonds is 4. The van der Waals surface area contributed by atoms with Gasteiger partial charge in [0.05, 0.1) is 23.9 Å². The summed E-state index contributed by atoms with van der Waals surface area (Å²) in [5.41, 5.74) is 0.00548. The van der Waals surface area contributed by atoms with Crippen LogP contribution in [-0.4, -0.2) is 57.0 Å². The van der Waals surface area contributed by atoms with E-state index in [1.807, 2.05) is 0 Å². The molecule has 1 N–H and O–H groups in total. The zero-order valence-corrected chi connectivity index (χ0v) is 12.1. The Kier molecular flexibility index (Phi) is 3.55. The Balaban J connectivity index is 1.94. The van der Waals surface area contributed by atoms with Gasteiger partial charge in [-0.25, -0.2) is 4.98 Å². The number of carbonyl (C=O) groups is 1. The summed E-state index contributed by atoms with van der Waals surface area (Å²) in [6.07, 6.45) is 1.44. The van der Waals surface area contributed by atoms with Gasteiger partial charge in [-0.05, 0) is 0 Å². The Hall–Kier alpha value is -2.07. The summed E-state index contributed by atoms with van der Waals surface area (Å²) >= 11 is 1.26. The van der Waals surface area contributed by atoms with Gasteiger partial charge < -0.3 is 10.0 Å². The molecule has 1 aromatic rings. The van der Waals surface area contributed by atoms with Crippen LogP contribution in [0.3, 0.4) is 0 Å². The van der Waals surface area contributed by atoms with Gasteiger partial charge >= 0.3 is 5.84 Å². The van der Waals surface area contributed by atoms with Gasteiger partial charge in [-0.3, -0.25) is 14.2 Å². The van der Waals surface area contributed by atoms with Gasteiger partial charge in [0.25, 0.3) is 5.56 Å². The lowest BCUT2D eigenvalue weighted by molar-refractivity contribution is -0.563. The van der Waals surface area contributed by atoms with E-state index in [1.165, 1.54) is 32.2 Å². The number of hydrogen-bond acceptors (Lipinski definition) is 7. The standard InChI is InChI=1S/C11H13N6O3S/c1-15-8(19)5-21-10-9(15)11(20)16(6-12-10)4-7-13-14-17(7)2-3-18/h6,18H,2-5H2,1H3/q+1. The minimum absolute atomic E-state index is 0.0479. The number of aliphatic hydroxyl groups excluding tert-OH is 1. The third-order valence-corrected chi connectivity index (χ3v) is 4.18. The molecule has 0 aromatic carbocycles. The average molecular weight is 309 g/mol. The minimum atomic E-state index is -0.290. The first-order chi connectivity index (χ1) is 10.1. The molecule has 0 saturated carbocycles. The van der Waals surface area contributed by atoms with Crippen LogP contribution in [0.15, 0.2) is 26.5 Å². The molecule has 0 spiro atoms. The highest BCUT2D eigenvalue weighted by molar-refractivity contribution is 8.00. The van der Waals surface area contributed by atoms with Crippen LogP contribution < -0.4 is 10.5 Å². The molecule has 110 valence electrons. The van der Waals surface area contributed by atoms with Crippen LogP contribution in [0.25, 0.3) is 0 Å². The highest BCUT2D eigenvalue weighted by Gasteiger charge is 2.28. The Morgan fingerprint density at radius 1 is 1.48 bits per heavy atom. The molecule has 0 saturated heterocycles. The fraction of sp³-hybridized carbons (Fsp3) is 0.455. The van der Waals surface area contributed by atoms with E-state index < -0.39 is 0 Å². The van der Waals surface area contributed by atoms with Crippen molar-refractivity contribution >= 4 is 29.2 Å². The van der Waals surface area contributed by atoms with E-state index in [4.69, 9.17) is 5.11 Å². The molecule has 0 atom stereocenters. The maximum absolute atomic E-state index is 12.5. The average Bonchev–Trinajstić information content (AvgIpc) is 2.46. The van der Waals surface area contributed by atoms with Crippen LogP contribution in [0, 0.1) is 0 Å². The molecule has 2 aliphatic rings. The van der Waals surface area contributed by atoms with Crippen molar-refractivity contribution in [2.75, 3.05) is 30.9 Å². The summed E-state index contributed by atoms with van der Waals surface area (Å²) < 4.78 is 2.90. The van der Waals surface area contributed by atoms with Gasteiger partial charge in [0, 0.05) is 12.2 Å². The maximum Gasteiger partial charge on any atom is 0.306 e. The number of aromatic nitrogens is 2. The van der Waals surface area contributed by atoms with Crippen molar-refractivity contribution in [2.24, 2.45) is 10.3 Å². The largest absolute Gasteiger partial charge is 0.393 e. The monoisotopic (exact) mass is 309 g/mol. The van der Waals surface area contributed by atoms with Crippen LogP contribution >= 0.6 is 11.8 Å². The molecule has 3 rings (SSSR count). The van der Waals surface area contributed by atoms with Gasteiger partial charge in [-0.2, -0.15) is 0 Å². The molecular weight excluding hydrogens is 296 g/mol. The van der Waals surface area contributed by atoms with E-state index in [0.29, 0.717) is 23.1 Å². The smallest absolute Gasteiger partial charge is 0.306 e. The Morgan fingerprint density at radius 3 is 2.95 bits per heavy atom. The van der Waals surface area contributed by atoms with E-state index in [-0.39, 0.29) is 30.4 Å². The number of nitrogens with zero attached hydrogens (tertiary/aromatic N) is 6. The Bertz CT molecular complexity index is 725. The SMILES string of the molecule is CN1C(=O)CSc2ncn(CC3=[N+](CCO)N=N3)c(=O)c21. The molecular formula is C11H13N6O3S+. The number of fused-ring (bicyclic) bond motifs is 1. The number of thioether (sulfide) groups is 1. The van der Waals surface area contributed by atoms with Gasteiger partial charge in [0.2, 0.25) is 5.91 Å². The van der Waals surface area contributed by atoms with Gasteiger partial charge in [0.1, 0.15) is 23.8 Å². The van der Waals surface area contributed by atoms with E-state index >= 15 is 0 Å². The molecule has 10 heteroatoms.